The maximum absolute atomic E-state index is 12.9. The molecule has 0 unspecified atom stereocenters. The Kier molecular flexibility index (Phi) is 6.07. The Morgan fingerprint density at radius 1 is 0.897 bits per heavy atom. The number of pyridine rings is 1. The molecule has 0 spiro atoms. The number of nitrogens with one attached hydrogen (secondary N) is 1. The van der Waals surface area contributed by atoms with Crippen molar-refractivity contribution < 1.29 is 4.79 Å². The molecule has 0 atom stereocenters. The van der Waals surface area contributed by atoms with Crippen molar-refractivity contribution >= 4 is 11.9 Å². The number of hydrogen-bond acceptors (Lipinski definition) is 6. The van der Waals surface area contributed by atoms with E-state index in [1.54, 1.807) is 24.7 Å². The fourth-order valence-corrected chi connectivity index (χ4v) is 3.36. The summed E-state index contributed by atoms with van der Waals surface area (Å²) in [6, 6.07) is 16.0. The average molecular weight is 388 g/mol. The molecule has 1 aliphatic heterocycles. The molecule has 3 aromatic rings. The summed E-state index contributed by atoms with van der Waals surface area (Å²) in [4.78, 5) is 29.8. The van der Waals surface area contributed by atoms with Gasteiger partial charge in [-0.3, -0.25) is 14.7 Å². The van der Waals surface area contributed by atoms with Gasteiger partial charge in [0, 0.05) is 57.9 Å². The van der Waals surface area contributed by atoms with Gasteiger partial charge in [0.15, 0.2) is 0 Å². The Morgan fingerprint density at radius 2 is 1.66 bits per heavy atom. The molecule has 29 heavy (non-hydrogen) atoms. The lowest BCUT2D eigenvalue weighted by molar-refractivity contribution is 0.0622. The van der Waals surface area contributed by atoms with Gasteiger partial charge in [-0.1, -0.05) is 30.3 Å². The Bertz CT molecular complexity index is 926. The molecule has 4 rings (SSSR count). The van der Waals surface area contributed by atoms with Crippen LogP contribution in [-0.2, 0) is 13.1 Å². The van der Waals surface area contributed by atoms with Crippen molar-refractivity contribution in [2.45, 2.75) is 13.1 Å². The molecule has 7 heteroatoms. The molecule has 0 radical (unpaired) electrons. The summed E-state index contributed by atoms with van der Waals surface area (Å²) in [6.45, 7) is 4.63. The van der Waals surface area contributed by atoms with Crippen LogP contribution in [0.15, 0.2) is 67.1 Å². The summed E-state index contributed by atoms with van der Waals surface area (Å²) < 4.78 is 0. The molecule has 0 aliphatic carbocycles. The van der Waals surface area contributed by atoms with Crippen LogP contribution in [-0.4, -0.2) is 56.8 Å². The fourth-order valence-electron chi connectivity index (χ4n) is 3.36. The van der Waals surface area contributed by atoms with Gasteiger partial charge >= 0.3 is 0 Å². The molecule has 0 bridgehead atoms. The number of amides is 1. The number of carbonyl (C=O) groups is 1. The first-order chi connectivity index (χ1) is 14.3. The van der Waals surface area contributed by atoms with Crippen molar-refractivity contribution in [1.29, 1.82) is 0 Å². The number of hydrogen-bond donors (Lipinski definition) is 1. The molecule has 1 N–H and O–H groups in total. The van der Waals surface area contributed by atoms with E-state index in [9.17, 15) is 4.79 Å². The van der Waals surface area contributed by atoms with Crippen LogP contribution in [0.1, 0.15) is 21.6 Å². The quantitative estimate of drug-likeness (QED) is 0.699. The highest BCUT2D eigenvalue weighted by Gasteiger charge is 2.23. The van der Waals surface area contributed by atoms with Crippen molar-refractivity contribution in [3.05, 3.63) is 83.9 Å². The third kappa shape index (κ3) is 5.14. The van der Waals surface area contributed by atoms with E-state index in [0.29, 0.717) is 31.3 Å². The molecule has 1 aromatic carbocycles. The van der Waals surface area contributed by atoms with Gasteiger partial charge in [-0.25, -0.2) is 9.97 Å². The van der Waals surface area contributed by atoms with E-state index in [2.05, 4.69) is 49.4 Å². The Morgan fingerprint density at radius 3 is 2.41 bits per heavy atom. The van der Waals surface area contributed by atoms with Crippen LogP contribution in [0, 0.1) is 0 Å². The molecule has 1 fully saturated rings. The summed E-state index contributed by atoms with van der Waals surface area (Å²) in [5.74, 6) is 0.411. The van der Waals surface area contributed by atoms with E-state index in [0.717, 1.165) is 25.2 Å². The highest BCUT2D eigenvalue weighted by Crippen LogP contribution is 2.12. The number of aromatic nitrogens is 3. The summed E-state index contributed by atoms with van der Waals surface area (Å²) in [5, 5.41) is 3.16. The molecule has 1 aliphatic rings. The average Bonchev–Trinajstić information content (AvgIpc) is 2.79. The molecular weight excluding hydrogens is 364 g/mol. The van der Waals surface area contributed by atoms with Crippen LogP contribution >= 0.6 is 0 Å². The monoisotopic (exact) mass is 388 g/mol. The first-order valence-electron chi connectivity index (χ1n) is 9.79. The minimum absolute atomic E-state index is 0.0428. The molecular formula is C22H24N6O. The fraction of sp³-hybridized carbons (Fsp3) is 0.273. The molecule has 148 valence electrons. The molecule has 1 amide bonds. The van der Waals surface area contributed by atoms with Crippen molar-refractivity contribution in [3.63, 3.8) is 0 Å². The zero-order chi connectivity index (χ0) is 19.9. The lowest BCUT2D eigenvalue weighted by Gasteiger charge is -2.34. The van der Waals surface area contributed by atoms with Gasteiger partial charge in [-0.2, -0.15) is 0 Å². The topological polar surface area (TPSA) is 74.2 Å². The van der Waals surface area contributed by atoms with Crippen LogP contribution in [0.5, 0.6) is 0 Å². The zero-order valence-electron chi connectivity index (χ0n) is 16.2. The lowest BCUT2D eigenvalue weighted by Crippen LogP contribution is -2.48. The Labute approximate surface area is 170 Å². The van der Waals surface area contributed by atoms with Gasteiger partial charge in [0.25, 0.3) is 5.91 Å². The third-order valence-corrected chi connectivity index (χ3v) is 4.98. The van der Waals surface area contributed by atoms with E-state index < -0.39 is 0 Å². The highest BCUT2D eigenvalue weighted by atomic mass is 16.2. The summed E-state index contributed by atoms with van der Waals surface area (Å²) in [6.07, 6.45) is 5.12. The molecule has 2 aromatic heterocycles. The van der Waals surface area contributed by atoms with E-state index in [1.165, 1.54) is 5.56 Å². The standard InChI is InChI=1S/C22H24N6O/c29-21(28-14-12-27(13-15-28)17-19-4-2-1-3-5-19)20-8-11-24-22(26-20)25-16-18-6-9-23-10-7-18/h1-11H,12-17H2,(H,24,25,26). The van der Waals surface area contributed by atoms with E-state index in [1.807, 2.05) is 23.1 Å². The number of anilines is 1. The number of piperazine rings is 1. The van der Waals surface area contributed by atoms with Gasteiger partial charge in [0.2, 0.25) is 5.95 Å². The Balaban J connectivity index is 1.31. The summed E-state index contributed by atoms with van der Waals surface area (Å²) in [7, 11) is 0. The second kappa shape index (κ2) is 9.25. The maximum atomic E-state index is 12.9. The second-order valence-electron chi connectivity index (χ2n) is 7.03. The number of benzene rings is 1. The Hall–Kier alpha value is -3.32. The van der Waals surface area contributed by atoms with Crippen LogP contribution in [0.2, 0.25) is 0 Å². The smallest absolute Gasteiger partial charge is 0.272 e. The lowest BCUT2D eigenvalue weighted by atomic mass is 10.2. The molecule has 3 heterocycles. The van der Waals surface area contributed by atoms with Gasteiger partial charge in [0.05, 0.1) is 0 Å². The normalized spacial score (nSPS) is 14.6. The van der Waals surface area contributed by atoms with E-state index in [4.69, 9.17) is 0 Å². The summed E-state index contributed by atoms with van der Waals surface area (Å²) >= 11 is 0. The van der Waals surface area contributed by atoms with Gasteiger partial charge in [-0.05, 0) is 29.3 Å². The first kappa shape index (κ1) is 19.0. The van der Waals surface area contributed by atoms with Crippen molar-refractivity contribution in [2.75, 3.05) is 31.5 Å². The van der Waals surface area contributed by atoms with E-state index in [-0.39, 0.29) is 5.91 Å². The van der Waals surface area contributed by atoms with Crippen LogP contribution < -0.4 is 5.32 Å². The molecule has 7 nitrogen and oxygen atoms in total. The number of rotatable bonds is 6. The van der Waals surface area contributed by atoms with Crippen LogP contribution in [0.25, 0.3) is 0 Å². The van der Waals surface area contributed by atoms with Gasteiger partial charge < -0.3 is 10.2 Å². The highest BCUT2D eigenvalue weighted by molar-refractivity contribution is 5.92. The zero-order valence-corrected chi connectivity index (χ0v) is 16.2. The minimum Gasteiger partial charge on any atom is -0.350 e. The van der Waals surface area contributed by atoms with Crippen molar-refractivity contribution in [2.24, 2.45) is 0 Å². The molecule has 1 saturated heterocycles. The predicted octanol–water partition coefficient (Wildman–Crippen LogP) is 2.44. The minimum atomic E-state index is -0.0428. The largest absolute Gasteiger partial charge is 0.350 e. The predicted molar refractivity (Wildman–Crippen MR) is 111 cm³/mol. The maximum Gasteiger partial charge on any atom is 0.272 e. The third-order valence-electron chi connectivity index (χ3n) is 4.98. The van der Waals surface area contributed by atoms with Crippen LogP contribution in [0.3, 0.4) is 0 Å². The van der Waals surface area contributed by atoms with Gasteiger partial charge in [0.1, 0.15) is 5.69 Å². The number of carbonyl (C=O) groups excluding carboxylic acids is 1. The summed E-state index contributed by atoms with van der Waals surface area (Å²) in [5.41, 5.74) is 2.80. The first-order valence-corrected chi connectivity index (χ1v) is 9.79. The number of nitrogens with zero attached hydrogens (tertiary/aromatic N) is 5. The SMILES string of the molecule is O=C(c1ccnc(NCc2ccncc2)n1)N1CCN(Cc2ccccc2)CC1. The van der Waals surface area contributed by atoms with E-state index >= 15 is 0 Å². The van der Waals surface area contributed by atoms with Crippen molar-refractivity contribution in [1.82, 2.24) is 24.8 Å². The van der Waals surface area contributed by atoms with Crippen molar-refractivity contribution in [3.8, 4) is 0 Å². The molecule has 0 saturated carbocycles. The second-order valence-corrected chi connectivity index (χ2v) is 7.03. The van der Waals surface area contributed by atoms with Crippen LogP contribution in [0.4, 0.5) is 5.95 Å². The van der Waals surface area contributed by atoms with Gasteiger partial charge in [-0.15, -0.1) is 0 Å².